The maximum atomic E-state index is 13.6. The number of carbonyl (C=O) groups is 5. The van der Waals surface area contributed by atoms with E-state index in [0.717, 1.165) is 0 Å². The number of alkyl carbamates (subject to hydrolysis) is 1. The van der Waals surface area contributed by atoms with Gasteiger partial charge in [-0.1, -0.05) is 12.5 Å². The van der Waals surface area contributed by atoms with E-state index in [1.165, 1.54) is 42.5 Å². The SMILES string of the molecule is CC(C)(C)OC(=O)NCCCCCC(=O)OCC(COP(=O)(O)OCCNC(=O)CCOCCOCCOCCOCCNC(=O)c1cc(C(=O)O)ccc1-c1c2ccc(=O)cc-2oc2cc(O)ccc12)OC(C)(C)C. The smallest absolute Gasteiger partial charge is 0.472 e. The monoisotopic (exact) mass is 1090 g/mol. The molecular formula is C52H72N3O20P. The quantitative estimate of drug-likeness (QED) is 0.0131. The highest BCUT2D eigenvalue weighted by Crippen LogP contribution is 2.44. The van der Waals surface area contributed by atoms with Gasteiger partial charge in [-0.25, -0.2) is 14.2 Å². The number of rotatable bonds is 34. The van der Waals surface area contributed by atoms with Gasteiger partial charge in [-0.2, -0.15) is 0 Å². The number of phosphoric ester groups is 1. The molecule has 0 bridgehead atoms. The van der Waals surface area contributed by atoms with Gasteiger partial charge in [0.1, 0.15) is 35.4 Å². The Labute approximate surface area is 441 Å². The van der Waals surface area contributed by atoms with Crippen LogP contribution < -0.4 is 21.4 Å². The van der Waals surface area contributed by atoms with E-state index in [2.05, 4.69) is 16.0 Å². The Balaban J connectivity index is 1.01. The molecule has 1 aliphatic carbocycles. The Hall–Kier alpha value is -6.01. The molecule has 2 aliphatic rings. The van der Waals surface area contributed by atoms with Crippen LogP contribution in [0.1, 0.15) is 94.4 Å². The fourth-order valence-electron chi connectivity index (χ4n) is 7.10. The number of fused-ring (bicyclic) bond motifs is 2. The van der Waals surface area contributed by atoms with Gasteiger partial charge < -0.3 is 68.6 Å². The number of carboxylic acid groups (broad SMARTS) is 1. The lowest BCUT2D eigenvalue weighted by Gasteiger charge is -2.27. The molecule has 0 saturated heterocycles. The molecule has 1 heterocycles. The van der Waals surface area contributed by atoms with Crippen molar-refractivity contribution in [3.63, 3.8) is 0 Å². The summed E-state index contributed by atoms with van der Waals surface area (Å²) in [5.41, 5.74) is 0.0388. The van der Waals surface area contributed by atoms with Crippen molar-refractivity contribution in [2.45, 2.75) is 91.0 Å². The van der Waals surface area contributed by atoms with E-state index in [0.29, 0.717) is 47.9 Å². The van der Waals surface area contributed by atoms with Crippen molar-refractivity contribution in [1.29, 1.82) is 0 Å². The van der Waals surface area contributed by atoms with Gasteiger partial charge in [0, 0.05) is 66.7 Å². The van der Waals surface area contributed by atoms with E-state index >= 15 is 0 Å². The van der Waals surface area contributed by atoms with Crippen LogP contribution in [-0.4, -0.2) is 155 Å². The van der Waals surface area contributed by atoms with Crippen molar-refractivity contribution in [2.75, 3.05) is 92.3 Å². The van der Waals surface area contributed by atoms with Gasteiger partial charge in [0.05, 0.1) is 77.2 Å². The summed E-state index contributed by atoms with van der Waals surface area (Å²) in [6.45, 7) is 11.8. The Morgan fingerprint density at radius 3 is 2.00 bits per heavy atom. The van der Waals surface area contributed by atoms with Crippen LogP contribution in [0.3, 0.4) is 0 Å². The molecule has 0 fully saturated rings. The molecule has 23 nitrogen and oxygen atoms in total. The number of esters is 1. The number of ether oxygens (including phenoxy) is 7. The number of phenolic OH excluding ortho intramolecular Hbond substituents is 1. The summed E-state index contributed by atoms with van der Waals surface area (Å²) in [7, 11) is -4.56. The van der Waals surface area contributed by atoms with Gasteiger partial charge in [-0.3, -0.25) is 28.2 Å². The van der Waals surface area contributed by atoms with Gasteiger partial charge >= 0.3 is 25.9 Å². The lowest BCUT2D eigenvalue weighted by molar-refractivity contribution is -0.155. The highest BCUT2D eigenvalue weighted by molar-refractivity contribution is 7.47. The van der Waals surface area contributed by atoms with E-state index in [1.807, 2.05) is 0 Å². The van der Waals surface area contributed by atoms with E-state index in [1.54, 1.807) is 53.7 Å². The summed E-state index contributed by atoms with van der Waals surface area (Å²) in [6, 6.07) is 12.9. The fraction of sp³-hybridized carbons (Fsp3) is 0.538. The van der Waals surface area contributed by atoms with Gasteiger partial charge in [-0.05, 0) is 96.3 Å². The maximum absolute atomic E-state index is 13.6. The minimum atomic E-state index is -4.56. The number of aromatic carboxylic acids is 1. The van der Waals surface area contributed by atoms with Crippen molar-refractivity contribution in [3.05, 3.63) is 75.9 Å². The lowest BCUT2D eigenvalue weighted by atomic mass is 9.89. The number of hydrogen-bond donors (Lipinski definition) is 6. The van der Waals surface area contributed by atoms with Crippen LogP contribution in [0.4, 0.5) is 4.79 Å². The zero-order valence-electron chi connectivity index (χ0n) is 43.9. The molecule has 0 aromatic heterocycles. The number of carboxylic acids is 1. The molecule has 6 N–H and O–H groups in total. The summed E-state index contributed by atoms with van der Waals surface area (Å²) in [6.07, 6.45) is 0.608. The van der Waals surface area contributed by atoms with Crippen LogP contribution in [0.2, 0.25) is 0 Å². The van der Waals surface area contributed by atoms with Gasteiger partial charge in [0.25, 0.3) is 5.91 Å². The molecular weight excluding hydrogens is 1020 g/mol. The second kappa shape index (κ2) is 31.3. The summed E-state index contributed by atoms with van der Waals surface area (Å²) in [5.74, 6) is -2.49. The van der Waals surface area contributed by atoms with Crippen LogP contribution in [0.5, 0.6) is 5.75 Å². The fourth-order valence-corrected chi connectivity index (χ4v) is 7.85. The molecule has 420 valence electrons. The minimum absolute atomic E-state index is 0.0199. The number of carbonyl (C=O) groups excluding carboxylic acids is 4. The van der Waals surface area contributed by atoms with Crippen LogP contribution in [-0.2, 0) is 56.4 Å². The highest BCUT2D eigenvalue weighted by atomic mass is 31.2. The van der Waals surface area contributed by atoms with Crippen molar-refractivity contribution in [1.82, 2.24) is 16.0 Å². The van der Waals surface area contributed by atoms with Crippen LogP contribution in [0, 0.1) is 0 Å². The van der Waals surface area contributed by atoms with Crippen molar-refractivity contribution < 1.29 is 90.3 Å². The maximum Gasteiger partial charge on any atom is 0.472 e. The molecule has 2 unspecified atom stereocenters. The van der Waals surface area contributed by atoms with Gasteiger partial charge in [0.2, 0.25) is 5.91 Å². The molecule has 2 aromatic rings. The Morgan fingerprint density at radius 2 is 1.33 bits per heavy atom. The molecule has 2 atom stereocenters. The predicted octanol–water partition coefficient (Wildman–Crippen LogP) is 6.22. The molecule has 4 rings (SSSR count). The van der Waals surface area contributed by atoms with Crippen molar-refractivity contribution >= 4 is 48.6 Å². The molecule has 0 spiro atoms. The zero-order chi connectivity index (χ0) is 55.7. The van der Waals surface area contributed by atoms with Crippen molar-refractivity contribution in [2.24, 2.45) is 0 Å². The van der Waals surface area contributed by atoms with Crippen LogP contribution >= 0.6 is 7.82 Å². The number of unbranched alkanes of at least 4 members (excludes halogenated alkanes) is 2. The minimum Gasteiger partial charge on any atom is -0.508 e. The van der Waals surface area contributed by atoms with Gasteiger partial charge in [0.15, 0.2) is 5.43 Å². The van der Waals surface area contributed by atoms with Crippen LogP contribution in [0.15, 0.2) is 63.8 Å². The first kappa shape index (κ1) is 62.5. The average Bonchev–Trinajstić information content (AvgIpc) is 3.34. The van der Waals surface area contributed by atoms with Gasteiger partial charge in [-0.15, -0.1) is 0 Å². The number of aromatic hydroxyl groups is 1. The second-order valence-electron chi connectivity index (χ2n) is 19.1. The molecule has 3 amide bonds. The topological polar surface area (TPSA) is 312 Å². The first-order valence-electron chi connectivity index (χ1n) is 24.9. The Kier molecular flexibility index (Phi) is 25.7. The molecule has 2 aromatic carbocycles. The van der Waals surface area contributed by atoms with E-state index in [9.17, 15) is 48.4 Å². The van der Waals surface area contributed by atoms with E-state index in [4.69, 9.17) is 46.6 Å². The molecule has 1 aliphatic heterocycles. The Bertz CT molecular complexity index is 2590. The third-order valence-corrected chi connectivity index (χ3v) is 11.3. The average molecular weight is 1090 g/mol. The molecule has 24 heteroatoms. The zero-order valence-corrected chi connectivity index (χ0v) is 44.8. The third-order valence-electron chi connectivity index (χ3n) is 10.4. The summed E-state index contributed by atoms with van der Waals surface area (Å²) < 4.78 is 66.9. The number of phenols is 1. The van der Waals surface area contributed by atoms with E-state index in [-0.39, 0.29) is 132 Å². The molecule has 0 saturated carbocycles. The largest absolute Gasteiger partial charge is 0.508 e. The highest BCUT2D eigenvalue weighted by Gasteiger charge is 2.28. The Morgan fingerprint density at radius 1 is 0.671 bits per heavy atom. The summed E-state index contributed by atoms with van der Waals surface area (Å²) >= 11 is 0. The lowest BCUT2D eigenvalue weighted by Crippen LogP contribution is -2.34. The molecule has 0 radical (unpaired) electrons. The van der Waals surface area contributed by atoms with E-state index < -0.39 is 55.7 Å². The standard InChI is InChI=1S/C52H72N3O20P/c1-51(2,3)74-38(33-70-46(59)10-8-7-9-18-55-50(63)75-52(4,5)6)34-72-76(64,65)71-23-20-53-45(58)17-21-66-24-26-68-28-29-69-27-25-67-22-19-54-48(60)42-30-35(49(61)62)11-14-39(42)47-40-15-12-36(56)31-43(40)73-44-32-37(57)13-16-41(44)47/h11-16,30-32,38,56H,7-10,17-29,33-34H2,1-6H3,(H,53,58)(H,54,60)(H,55,63)(H,61,62)(H,64,65). The number of benzene rings is 3. The number of amides is 3. The second-order valence-corrected chi connectivity index (χ2v) is 20.5. The summed E-state index contributed by atoms with van der Waals surface area (Å²) in [5, 5.41) is 28.4. The third kappa shape index (κ3) is 23.9. The molecule has 76 heavy (non-hydrogen) atoms. The number of phosphoric acid groups is 1. The van der Waals surface area contributed by atoms with Crippen LogP contribution in [0.25, 0.3) is 33.4 Å². The summed E-state index contributed by atoms with van der Waals surface area (Å²) in [4.78, 5) is 84.1. The first-order valence-corrected chi connectivity index (χ1v) is 26.3. The number of hydrogen-bond acceptors (Lipinski definition) is 18. The number of nitrogens with one attached hydrogen (secondary N) is 3. The normalized spacial score (nSPS) is 13.0. The first-order chi connectivity index (χ1) is 36.0. The predicted molar refractivity (Wildman–Crippen MR) is 276 cm³/mol. The van der Waals surface area contributed by atoms with Crippen molar-refractivity contribution in [3.8, 4) is 28.2 Å².